The third-order valence-corrected chi connectivity index (χ3v) is 6.94. The lowest BCUT2D eigenvalue weighted by molar-refractivity contribution is 0.578. The topological polar surface area (TPSA) is 87.8 Å². The van der Waals surface area contributed by atoms with Crippen LogP contribution in [0.3, 0.4) is 0 Å². The number of nitriles is 1. The Bertz CT molecular complexity index is 1230. The van der Waals surface area contributed by atoms with Gasteiger partial charge in [-0.05, 0) is 55.7 Å². The van der Waals surface area contributed by atoms with Gasteiger partial charge in [0.15, 0.2) is 0 Å². The van der Waals surface area contributed by atoms with Gasteiger partial charge in [0.2, 0.25) is 10.0 Å². The second-order valence-electron chi connectivity index (χ2n) is 7.41. The molecule has 0 saturated heterocycles. The number of hydrogen-bond acceptors (Lipinski definition) is 4. The molecule has 0 amide bonds. The molecular formula is C23H25ClN4O2S. The maximum absolute atomic E-state index is 12.3. The highest BCUT2D eigenvalue weighted by molar-refractivity contribution is 7.89. The van der Waals surface area contributed by atoms with Crippen LogP contribution in [0.4, 0.5) is 0 Å². The first-order valence-electron chi connectivity index (χ1n) is 10.1. The maximum Gasteiger partial charge on any atom is 0.240 e. The highest BCUT2D eigenvalue weighted by atomic mass is 35.5. The molecule has 31 heavy (non-hydrogen) atoms. The molecule has 0 fully saturated rings. The van der Waals surface area contributed by atoms with Crippen LogP contribution in [-0.2, 0) is 16.6 Å². The highest BCUT2D eigenvalue weighted by Gasteiger charge is 2.16. The van der Waals surface area contributed by atoms with Crippen molar-refractivity contribution >= 4 is 21.6 Å². The third kappa shape index (κ3) is 5.16. The predicted octanol–water partition coefficient (Wildman–Crippen LogP) is 4.82. The van der Waals surface area contributed by atoms with E-state index in [2.05, 4.69) is 15.9 Å². The number of benzene rings is 2. The van der Waals surface area contributed by atoms with Crippen molar-refractivity contribution in [2.75, 3.05) is 6.54 Å². The summed E-state index contributed by atoms with van der Waals surface area (Å²) in [5, 5.41) is 14.2. The van der Waals surface area contributed by atoms with Crippen molar-refractivity contribution in [2.45, 2.75) is 45.1 Å². The molecule has 3 rings (SSSR count). The largest absolute Gasteiger partial charge is 0.265 e. The van der Waals surface area contributed by atoms with Crippen molar-refractivity contribution in [2.24, 2.45) is 0 Å². The van der Waals surface area contributed by atoms with Crippen LogP contribution < -0.4 is 4.72 Å². The Hall–Kier alpha value is -2.66. The predicted molar refractivity (Wildman–Crippen MR) is 123 cm³/mol. The molecule has 0 aliphatic rings. The molecule has 8 heteroatoms. The van der Waals surface area contributed by atoms with Gasteiger partial charge < -0.3 is 0 Å². The Morgan fingerprint density at radius 1 is 1.16 bits per heavy atom. The summed E-state index contributed by atoms with van der Waals surface area (Å²) in [6.07, 6.45) is 1.74. The first-order valence-corrected chi connectivity index (χ1v) is 12.0. The first kappa shape index (κ1) is 23.0. The van der Waals surface area contributed by atoms with E-state index in [0.29, 0.717) is 23.7 Å². The van der Waals surface area contributed by atoms with Crippen molar-refractivity contribution in [1.29, 1.82) is 5.26 Å². The smallest absolute Gasteiger partial charge is 0.240 e. The minimum absolute atomic E-state index is 0.258. The van der Waals surface area contributed by atoms with Gasteiger partial charge in [0.25, 0.3) is 0 Å². The summed E-state index contributed by atoms with van der Waals surface area (Å²) < 4.78 is 29.2. The van der Waals surface area contributed by atoms with Crippen LogP contribution in [0.15, 0.2) is 47.4 Å². The number of hydrogen-bond donors (Lipinski definition) is 1. The van der Waals surface area contributed by atoms with E-state index in [0.717, 1.165) is 40.9 Å². The lowest BCUT2D eigenvalue weighted by Gasteiger charge is -2.09. The standard InChI is InChI=1S/C23H25ClN4O2S/c1-4-5-12-26-31(29,30)21-10-6-18(7-11-21)15-28-17(3)23(16(2)27-28)19-8-9-20(14-25)22(24)13-19/h6-11,13,26H,4-5,12,15H2,1-3H3. The minimum atomic E-state index is -3.49. The van der Waals surface area contributed by atoms with Crippen molar-refractivity contribution in [3.05, 3.63) is 70.0 Å². The SMILES string of the molecule is CCCCNS(=O)(=O)c1ccc(Cn2nc(C)c(-c3ccc(C#N)c(Cl)c3)c2C)cc1. The number of sulfonamides is 1. The van der Waals surface area contributed by atoms with Gasteiger partial charge in [-0.3, -0.25) is 4.68 Å². The zero-order valence-corrected chi connectivity index (χ0v) is 19.4. The average molecular weight is 457 g/mol. The molecule has 6 nitrogen and oxygen atoms in total. The number of rotatable bonds is 8. The summed E-state index contributed by atoms with van der Waals surface area (Å²) in [6.45, 7) is 6.89. The summed E-state index contributed by atoms with van der Waals surface area (Å²) in [6, 6.07) is 14.3. The molecule has 0 aliphatic heterocycles. The Morgan fingerprint density at radius 3 is 2.48 bits per heavy atom. The van der Waals surface area contributed by atoms with Gasteiger partial charge in [0.1, 0.15) is 6.07 Å². The normalized spacial score (nSPS) is 11.5. The molecule has 1 heterocycles. The lowest BCUT2D eigenvalue weighted by Crippen LogP contribution is -2.24. The molecule has 1 N–H and O–H groups in total. The number of unbranched alkanes of at least 4 members (excludes halogenated alkanes) is 1. The molecule has 0 spiro atoms. The van der Waals surface area contributed by atoms with Gasteiger partial charge in [0.05, 0.1) is 27.7 Å². The van der Waals surface area contributed by atoms with Crippen LogP contribution in [0.2, 0.25) is 5.02 Å². The molecule has 1 aromatic heterocycles. The van der Waals surface area contributed by atoms with Crippen LogP contribution in [0.25, 0.3) is 11.1 Å². The molecule has 0 radical (unpaired) electrons. The first-order chi connectivity index (χ1) is 14.8. The monoisotopic (exact) mass is 456 g/mol. The number of nitrogens with zero attached hydrogens (tertiary/aromatic N) is 3. The van der Waals surface area contributed by atoms with Gasteiger partial charge in [-0.2, -0.15) is 10.4 Å². The van der Waals surface area contributed by atoms with E-state index in [9.17, 15) is 8.42 Å². The second kappa shape index (κ2) is 9.65. The van der Waals surface area contributed by atoms with Gasteiger partial charge in [-0.25, -0.2) is 13.1 Å². The summed E-state index contributed by atoms with van der Waals surface area (Å²) in [4.78, 5) is 0.258. The minimum Gasteiger partial charge on any atom is -0.265 e. The summed E-state index contributed by atoms with van der Waals surface area (Å²) in [7, 11) is -3.49. The van der Waals surface area contributed by atoms with Crippen LogP contribution in [-0.4, -0.2) is 24.7 Å². The average Bonchev–Trinajstić information content (AvgIpc) is 3.01. The van der Waals surface area contributed by atoms with Gasteiger partial charge >= 0.3 is 0 Å². The van der Waals surface area contributed by atoms with E-state index in [1.807, 2.05) is 43.7 Å². The molecule has 0 aliphatic carbocycles. The maximum atomic E-state index is 12.3. The van der Waals surface area contributed by atoms with E-state index >= 15 is 0 Å². The Morgan fingerprint density at radius 2 is 1.87 bits per heavy atom. The Kier molecular flexibility index (Phi) is 7.16. The van der Waals surface area contributed by atoms with Crippen molar-refractivity contribution in [1.82, 2.24) is 14.5 Å². The van der Waals surface area contributed by atoms with E-state index in [1.165, 1.54) is 0 Å². The van der Waals surface area contributed by atoms with Gasteiger partial charge in [0, 0.05) is 17.8 Å². The molecule has 0 atom stereocenters. The molecule has 3 aromatic rings. The number of halogens is 1. The zero-order valence-electron chi connectivity index (χ0n) is 17.8. The Labute approximate surface area is 188 Å². The fourth-order valence-corrected chi connectivity index (χ4v) is 4.74. The summed E-state index contributed by atoms with van der Waals surface area (Å²) >= 11 is 6.21. The molecular weight excluding hydrogens is 432 g/mol. The third-order valence-electron chi connectivity index (χ3n) is 5.15. The second-order valence-corrected chi connectivity index (χ2v) is 9.58. The lowest BCUT2D eigenvalue weighted by atomic mass is 10.0. The van der Waals surface area contributed by atoms with E-state index < -0.39 is 10.0 Å². The van der Waals surface area contributed by atoms with Crippen LogP contribution in [0.5, 0.6) is 0 Å². The summed E-state index contributed by atoms with van der Waals surface area (Å²) in [5.41, 5.74) is 5.10. The fraction of sp³-hybridized carbons (Fsp3) is 0.304. The zero-order chi connectivity index (χ0) is 22.6. The number of nitrogens with one attached hydrogen (secondary N) is 1. The van der Waals surface area contributed by atoms with Crippen molar-refractivity contribution in [3.63, 3.8) is 0 Å². The van der Waals surface area contributed by atoms with Crippen LogP contribution in [0, 0.1) is 25.2 Å². The number of aryl methyl sites for hydroxylation is 1. The van der Waals surface area contributed by atoms with Crippen molar-refractivity contribution < 1.29 is 8.42 Å². The Balaban J connectivity index is 1.82. The molecule has 162 valence electrons. The van der Waals surface area contributed by atoms with Gasteiger partial charge in [-0.1, -0.05) is 43.1 Å². The van der Waals surface area contributed by atoms with Crippen molar-refractivity contribution in [3.8, 4) is 17.2 Å². The van der Waals surface area contributed by atoms with Gasteiger partial charge in [-0.15, -0.1) is 0 Å². The van der Waals surface area contributed by atoms with Crippen LogP contribution >= 0.6 is 11.6 Å². The number of aromatic nitrogens is 2. The summed E-state index contributed by atoms with van der Waals surface area (Å²) in [5.74, 6) is 0. The molecule has 2 aromatic carbocycles. The van der Waals surface area contributed by atoms with E-state index in [1.54, 1.807) is 24.3 Å². The fourth-order valence-electron chi connectivity index (χ4n) is 3.44. The van der Waals surface area contributed by atoms with E-state index in [4.69, 9.17) is 16.9 Å². The quantitative estimate of drug-likeness (QED) is 0.492. The molecule has 0 unspecified atom stereocenters. The van der Waals surface area contributed by atoms with E-state index in [-0.39, 0.29) is 4.90 Å². The molecule has 0 bridgehead atoms. The van der Waals surface area contributed by atoms with Crippen LogP contribution in [0.1, 0.15) is 42.3 Å². The highest BCUT2D eigenvalue weighted by Crippen LogP contribution is 2.30. The molecule has 0 saturated carbocycles.